The van der Waals surface area contributed by atoms with E-state index in [2.05, 4.69) is 42.2 Å². The van der Waals surface area contributed by atoms with Gasteiger partial charge in [0, 0.05) is 19.0 Å². The molecule has 0 bridgehead atoms. The quantitative estimate of drug-likeness (QED) is 0.0135. The maximum absolute atomic E-state index is 12.9. The molecule has 68 heavy (non-hydrogen) atoms. The summed E-state index contributed by atoms with van der Waals surface area (Å²) in [4.78, 5) is 61.9. The van der Waals surface area contributed by atoms with Crippen molar-refractivity contribution in [3.8, 4) is 0 Å². The summed E-state index contributed by atoms with van der Waals surface area (Å²) in [6, 6.07) is 1.25. The number of carbonyl (C=O) groups excluding carboxylic acids is 2. The summed E-state index contributed by atoms with van der Waals surface area (Å²) in [5.74, 6) is -0.546. The Bertz CT molecular complexity index is 1770. The third-order valence-corrected chi connectivity index (χ3v) is 14.6. The van der Waals surface area contributed by atoms with E-state index in [1.54, 1.807) is 0 Å². The molecule has 2 saturated heterocycles. The Morgan fingerprint density at radius 3 is 2.00 bits per heavy atom. The average Bonchev–Trinajstić information content (AvgIpc) is 3.97. The third kappa shape index (κ3) is 26.1. The van der Waals surface area contributed by atoms with E-state index in [9.17, 15) is 43.5 Å². The number of carbonyl (C=O) groups is 2. The molecule has 6 N–H and O–H groups in total. The van der Waals surface area contributed by atoms with Crippen molar-refractivity contribution in [1.82, 2.24) is 9.55 Å². The molecule has 2 aliphatic rings. The molecule has 1 aromatic heterocycles. The highest BCUT2D eigenvalue weighted by Crippen LogP contribution is 2.60. The molecule has 0 radical (unpaired) electrons. The summed E-state index contributed by atoms with van der Waals surface area (Å²) in [5.41, 5.74) is 4.59. The van der Waals surface area contributed by atoms with E-state index in [1.807, 2.05) is 0 Å². The van der Waals surface area contributed by atoms with Gasteiger partial charge in [-0.1, -0.05) is 142 Å². The van der Waals surface area contributed by atoms with Crippen LogP contribution in [0.4, 0.5) is 5.82 Å². The number of esters is 2. The van der Waals surface area contributed by atoms with Crippen LogP contribution < -0.4 is 11.4 Å². The van der Waals surface area contributed by atoms with Crippen molar-refractivity contribution in [1.29, 1.82) is 0 Å². The number of aliphatic hydroxyl groups is 2. The first-order valence-electron chi connectivity index (χ1n) is 25.2. The maximum Gasteiger partial charge on any atom is 0.481 e. The lowest BCUT2D eigenvalue weighted by molar-refractivity contribution is -0.161. The van der Waals surface area contributed by atoms with Crippen LogP contribution in [0, 0.1) is 5.92 Å². The van der Waals surface area contributed by atoms with Crippen LogP contribution >= 0.6 is 15.6 Å². The van der Waals surface area contributed by atoms with Gasteiger partial charge in [0.05, 0.1) is 25.4 Å². The highest BCUT2D eigenvalue weighted by atomic mass is 31.3. The highest BCUT2D eigenvalue weighted by Gasteiger charge is 2.46. The predicted molar refractivity (Wildman–Crippen MR) is 256 cm³/mol. The number of aliphatic hydroxyl groups excluding tert-OH is 2. The van der Waals surface area contributed by atoms with Crippen molar-refractivity contribution in [2.75, 3.05) is 25.6 Å². The zero-order valence-corrected chi connectivity index (χ0v) is 42.6. The highest BCUT2D eigenvalue weighted by molar-refractivity contribution is 7.61. The van der Waals surface area contributed by atoms with Crippen LogP contribution in [0.2, 0.25) is 0 Å². The van der Waals surface area contributed by atoms with Gasteiger partial charge in [-0.25, -0.2) is 13.9 Å². The number of nitrogen functional groups attached to an aromatic ring is 1. The zero-order valence-electron chi connectivity index (χ0n) is 40.8. The zero-order chi connectivity index (χ0) is 49.8. The van der Waals surface area contributed by atoms with E-state index in [1.165, 1.54) is 70.3 Å². The molecule has 4 unspecified atom stereocenters. The van der Waals surface area contributed by atoms with Crippen molar-refractivity contribution in [3.05, 3.63) is 34.9 Å². The van der Waals surface area contributed by atoms with E-state index in [4.69, 9.17) is 33.7 Å². The molecule has 21 heteroatoms. The fourth-order valence-electron chi connectivity index (χ4n) is 7.92. The number of nitrogens with zero attached hydrogens (tertiary/aromatic N) is 2. The molecule has 2 aliphatic heterocycles. The van der Waals surface area contributed by atoms with Crippen molar-refractivity contribution in [2.24, 2.45) is 5.92 Å². The van der Waals surface area contributed by atoms with E-state index in [-0.39, 0.29) is 18.7 Å². The summed E-state index contributed by atoms with van der Waals surface area (Å²) >= 11 is 0. The van der Waals surface area contributed by atoms with Gasteiger partial charge in [0.1, 0.15) is 30.7 Å². The molecule has 3 heterocycles. The van der Waals surface area contributed by atoms with Gasteiger partial charge in [-0.2, -0.15) is 9.29 Å². The van der Waals surface area contributed by atoms with E-state index >= 15 is 0 Å². The Kier molecular flexibility index (Phi) is 29.2. The van der Waals surface area contributed by atoms with Gasteiger partial charge in [-0.3, -0.25) is 23.2 Å². The number of nitrogens with two attached hydrogens (primary N) is 1. The van der Waals surface area contributed by atoms with E-state index < -0.39 is 83.7 Å². The molecule has 0 spiro atoms. The van der Waals surface area contributed by atoms with Crippen LogP contribution in [0.1, 0.15) is 188 Å². The van der Waals surface area contributed by atoms with Crippen LogP contribution in [0.3, 0.4) is 0 Å². The Balaban J connectivity index is 1.40. The minimum absolute atomic E-state index is 0.0300. The van der Waals surface area contributed by atoms with Gasteiger partial charge in [0.15, 0.2) is 12.3 Å². The van der Waals surface area contributed by atoms with Gasteiger partial charge < -0.3 is 44.7 Å². The molecule has 2 fully saturated rings. The Labute approximate surface area is 403 Å². The molecule has 19 nitrogen and oxygen atoms in total. The number of epoxide rings is 1. The molecule has 0 aromatic carbocycles. The largest absolute Gasteiger partial charge is 0.481 e. The molecule has 392 valence electrons. The molecular formula is C47H83N3O16P2. The summed E-state index contributed by atoms with van der Waals surface area (Å²) in [6.07, 6.45) is 23.2. The fraction of sp³-hybridized carbons (Fsp3) is 0.830. The first-order valence-corrected chi connectivity index (χ1v) is 28.2. The van der Waals surface area contributed by atoms with Gasteiger partial charge in [0.25, 0.3) is 0 Å². The number of ether oxygens (including phenoxy) is 4. The number of rotatable bonds is 40. The second-order valence-corrected chi connectivity index (χ2v) is 21.6. The Morgan fingerprint density at radius 2 is 1.37 bits per heavy atom. The lowest BCUT2D eigenvalue weighted by Crippen LogP contribution is -2.36. The fourth-order valence-corrected chi connectivity index (χ4v) is 10.0. The summed E-state index contributed by atoms with van der Waals surface area (Å²) < 4.78 is 62.6. The number of hydrogen-bond acceptors (Lipinski definition) is 16. The first kappa shape index (κ1) is 59.8. The Hall–Kier alpha value is -2.54. The van der Waals surface area contributed by atoms with Crippen LogP contribution in [0.25, 0.3) is 0 Å². The maximum atomic E-state index is 12.9. The summed E-state index contributed by atoms with van der Waals surface area (Å²) in [5, 5.41) is 20.9. The topological polar surface area (TPSA) is 278 Å². The van der Waals surface area contributed by atoms with Gasteiger partial charge >= 0.3 is 33.3 Å². The lowest BCUT2D eigenvalue weighted by Gasteiger charge is -2.21. The van der Waals surface area contributed by atoms with Crippen molar-refractivity contribution in [3.63, 3.8) is 0 Å². The van der Waals surface area contributed by atoms with Gasteiger partial charge in [0.2, 0.25) is 0 Å². The summed E-state index contributed by atoms with van der Waals surface area (Å²) in [6.45, 7) is 4.41. The molecule has 0 aliphatic carbocycles. The van der Waals surface area contributed by atoms with Gasteiger partial charge in [-0.05, 0) is 50.5 Å². The van der Waals surface area contributed by atoms with Crippen LogP contribution in [0.15, 0.2) is 29.2 Å². The monoisotopic (exact) mass is 1010 g/mol. The van der Waals surface area contributed by atoms with Gasteiger partial charge in [-0.15, -0.1) is 0 Å². The number of allylic oxidation sites excluding steroid dienone is 1. The average molecular weight is 1010 g/mol. The Morgan fingerprint density at radius 1 is 0.765 bits per heavy atom. The normalized spacial score (nSPS) is 22.6. The molecule has 0 saturated carbocycles. The van der Waals surface area contributed by atoms with Crippen LogP contribution in [-0.2, 0) is 51.0 Å². The SMILES string of the molecule is CCCCC/C=C\CC1OC1CCCCCCCC(=O)O[C@H](COC(=O)CCCCCCCCCCCCCC(C)C)COP(=O)(O)OP(=O)(O)OC[C@H]1O[C@@H](n2ccc(N)nc2=O)[C@H](O)[C@@H]1O. The molecule has 1 aromatic rings. The molecule has 0 amide bonds. The minimum atomic E-state index is -5.43. The van der Waals surface area contributed by atoms with E-state index in [0.29, 0.717) is 25.0 Å². The second kappa shape index (κ2) is 33.2. The van der Waals surface area contributed by atoms with Crippen molar-refractivity contribution >= 4 is 33.4 Å². The number of aromatic nitrogens is 2. The van der Waals surface area contributed by atoms with Crippen LogP contribution in [-0.4, -0.2) is 97.9 Å². The minimum Gasteiger partial charge on any atom is -0.462 e. The lowest BCUT2D eigenvalue weighted by atomic mass is 10.0. The van der Waals surface area contributed by atoms with Crippen molar-refractivity contribution < 1.29 is 71.0 Å². The number of anilines is 1. The second-order valence-electron chi connectivity index (χ2n) is 18.5. The number of hydrogen-bond donors (Lipinski definition) is 5. The molecular weight excluding hydrogens is 924 g/mol. The van der Waals surface area contributed by atoms with Crippen molar-refractivity contribution in [2.45, 2.75) is 224 Å². The first-order chi connectivity index (χ1) is 32.5. The number of phosphoric acid groups is 2. The molecule has 3 rings (SSSR count). The van der Waals surface area contributed by atoms with Crippen LogP contribution in [0.5, 0.6) is 0 Å². The number of phosphoric ester groups is 2. The standard InChI is InChI=1S/C47H83N3O16P2/c1-4-5-6-7-17-22-27-38-39(64-38)28-23-18-15-20-25-30-43(52)63-37(33-60-42(51)29-24-19-14-12-10-8-9-11-13-16-21-26-36(2)3)34-61-67(56,57)66-68(58,59)62-35-40-44(53)45(54)46(65-40)50-32-31-41(48)49-47(50)55/h17,22,31-32,36-40,44-46,53-54H,4-16,18-21,23-30,33-35H2,1-3H3,(H,56,57)(H,58,59)(H2,48,49,55)/b22-17-/t37-,38?,39?,40-,44-,45-,46-/m1/s1. The predicted octanol–water partition coefficient (Wildman–Crippen LogP) is 8.90. The molecule has 9 atom stereocenters. The smallest absolute Gasteiger partial charge is 0.462 e. The summed E-state index contributed by atoms with van der Waals surface area (Å²) in [7, 11) is -10.8. The number of unbranched alkanes of at least 4 members (excludes halogenated alkanes) is 17. The van der Waals surface area contributed by atoms with E-state index in [0.717, 1.165) is 87.3 Å². The third-order valence-electron chi connectivity index (χ3n) is 12.0.